The number of aromatic nitrogens is 1. The minimum atomic E-state index is -3.92. The lowest BCUT2D eigenvalue weighted by atomic mass is 10.1. The van der Waals surface area contributed by atoms with Crippen molar-refractivity contribution in [3.05, 3.63) is 59.4 Å². The zero-order chi connectivity index (χ0) is 15.6. The molecule has 0 bridgehead atoms. The summed E-state index contributed by atoms with van der Waals surface area (Å²) in [4.78, 5) is 4.15. The fourth-order valence-electron chi connectivity index (χ4n) is 2.00. The van der Waals surface area contributed by atoms with E-state index in [4.69, 9.17) is 9.88 Å². The van der Waals surface area contributed by atoms with Crippen LogP contribution in [0.2, 0.25) is 0 Å². The van der Waals surface area contributed by atoms with Crippen LogP contribution in [0.1, 0.15) is 0 Å². The predicted molar refractivity (Wildman–Crippen MR) is 85.4 cm³/mol. The molecule has 5 nitrogen and oxygen atoms in total. The minimum Gasteiger partial charge on any atom is -0.455 e. The number of para-hydroxylation sites is 2. The molecule has 1 aromatic heterocycles. The van der Waals surface area contributed by atoms with Crippen LogP contribution < -0.4 is 9.88 Å². The highest BCUT2D eigenvalue weighted by Gasteiger charge is 2.21. The second-order valence-corrected chi connectivity index (χ2v) is 6.72. The van der Waals surface area contributed by atoms with E-state index in [-0.39, 0.29) is 10.6 Å². The van der Waals surface area contributed by atoms with Gasteiger partial charge < -0.3 is 4.74 Å². The van der Waals surface area contributed by atoms with E-state index in [0.717, 1.165) is 0 Å². The van der Waals surface area contributed by atoms with E-state index in [0.29, 0.717) is 17.0 Å². The van der Waals surface area contributed by atoms with Crippen molar-refractivity contribution in [3.63, 3.8) is 0 Å². The highest BCUT2D eigenvalue weighted by Crippen LogP contribution is 2.37. The number of thiazole rings is 1. The average Bonchev–Trinajstić information content (AvgIpc) is 3.01. The lowest BCUT2D eigenvalue weighted by molar-refractivity contribution is 0.469. The van der Waals surface area contributed by atoms with Gasteiger partial charge in [0, 0.05) is 10.9 Å². The van der Waals surface area contributed by atoms with Gasteiger partial charge in [-0.2, -0.15) is 0 Å². The van der Waals surface area contributed by atoms with Crippen molar-refractivity contribution < 1.29 is 13.2 Å². The number of nitrogens with two attached hydrogens (primary N) is 1. The van der Waals surface area contributed by atoms with E-state index in [1.165, 1.54) is 17.4 Å². The molecular formula is C15H12N2O3S2. The highest BCUT2D eigenvalue weighted by molar-refractivity contribution is 7.89. The van der Waals surface area contributed by atoms with Gasteiger partial charge >= 0.3 is 0 Å². The number of ether oxygens (including phenoxy) is 1. The molecule has 0 amide bonds. The van der Waals surface area contributed by atoms with Crippen LogP contribution >= 0.6 is 11.3 Å². The van der Waals surface area contributed by atoms with Crippen molar-refractivity contribution >= 4 is 21.4 Å². The molecule has 0 saturated carbocycles. The van der Waals surface area contributed by atoms with Gasteiger partial charge in [-0.15, -0.1) is 11.3 Å². The van der Waals surface area contributed by atoms with E-state index >= 15 is 0 Å². The lowest BCUT2D eigenvalue weighted by Crippen LogP contribution is -2.13. The Bertz CT molecular complexity index is 876. The molecular weight excluding hydrogens is 320 g/mol. The van der Waals surface area contributed by atoms with Crippen molar-refractivity contribution in [1.29, 1.82) is 0 Å². The first kappa shape index (κ1) is 14.7. The van der Waals surface area contributed by atoms with Crippen LogP contribution in [-0.2, 0) is 10.0 Å². The second-order valence-electron chi connectivity index (χ2n) is 4.47. The zero-order valence-corrected chi connectivity index (χ0v) is 13.0. The van der Waals surface area contributed by atoms with E-state index < -0.39 is 10.0 Å². The maximum atomic E-state index is 11.8. The summed E-state index contributed by atoms with van der Waals surface area (Å²) in [7, 11) is -3.92. The Balaban J connectivity index is 2.20. The first-order chi connectivity index (χ1) is 10.6. The number of hydrogen-bond donors (Lipinski definition) is 1. The summed E-state index contributed by atoms with van der Waals surface area (Å²) in [6.45, 7) is 0. The number of rotatable bonds is 4. The molecule has 22 heavy (non-hydrogen) atoms. The van der Waals surface area contributed by atoms with Gasteiger partial charge in [-0.3, -0.25) is 0 Å². The molecule has 1 heterocycles. The summed E-state index contributed by atoms with van der Waals surface area (Å²) < 4.78 is 29.5. The molecule has 0 radical (unpaired) electrons. The van der Waals surface area contributed by atoms with Gasteiger partial charge in [-0.05, 0) is 24.3 Å². The number of nitrogens with zero attached hydrogens (tertiary/aromatic N) is 1. The van der Waals surface area contributed by atoms with Crippen LogP contribution in [0.4, 0.5) is 0 Å². The van der Waals surface area contributed by atoms with Crippen LogP contribution in [0, 0.1) is 0 Å². The molecule has 0 aliphatic rings. The van der Waals surface area contributed by atoms with Gasteiger partial charge in [0.15, 0.2) is 5.75 Å². The first-order valence-electron chi connectivity index (χ1n) is 6.33. The normalized spacial score (nSPS) is 11.3. The molecule has 3 rings (SSSR count). The Hall–Kier alpha value is -2.22. The Morgan fingerprint density at radius 3 is 2.45 bits per heavy atom. The maximum absolute atomic E-state index is 11.8. The summed E-state index contributed by atoms with van der Waals surface area (Å²) in [6, 6.07) is 13.7. The number of primary sulfonamides is 1. The third-order valence-corrected chi connectivity index (χ3v) is 4.48. The van der Waals surface area contributed by atoms with Crippen molar-refractivity contribution in [2.45, 2.75) is 4.90 Å². The molecule has 3 aromatic rings. The Morgan fingerprint density at radius 1 is 1.05 bits per heavy atom. The Kier molecular flexibility index (Phi) is 3.93. The third-order valence-electron chi connectivity index (χ3n) is 2.96. The highest BCUT2D eigenvalue weighted by atomic mass is 32.2. The van der Waals surface area contributed by atoms with E-state index in [1.54, 1.807) is 41.9 Å². The molecule has 2 aromatic carbocycles. The fourth-order valence-corrected chi connectivity index (χ4v) is 3.23. The van der Waals surface area contributed by atoms with Gasteiger partial charge in [0.1, 0.15) is 10.6 Å². The second kappa shape index (κ2) is 5.88. The maximum Gasteiger partial charge on any atom is 0.241 e. The SMILES string of the molecule is NS(=O)(=O)c1cccc(-c2cscn2)c1Oc1ccccc1. The largest absolute Gasteiger partial charge is 0.455 e. The summed E-state index contributed by atoms with van der Waals surface area (Å²) in [6.07, 6.45) is 0. The minimum absolute atomic E-state index is 0.0677. The third kappa shape index (κ3) is 3.01. The smallest absolute Gasteiger partial charge is 0.241 e. The number of benzene rings is 2. The average molecular weight is 332 g/mol. The van der Waals surface area contributed by atoms with E-state index in [9.17, 15) is 8.42 Å². The van der Waals surface area contributed by atoms with Gasteiger partial charge in [0.25, 0.3) is 0 Å². The predicted octanol–water partition coefficient (Wildman–Crippen LogP) is 3.25. The molecule has 2 N–H and O–H groups in total. The van der Waals surface area contributed by atoms with E-state index in [1.807, 2.05) is 11.4 Å². The molecule has 0 aliphatic carbocycles. The molecule has 112 valence electrons. The molecule has 7 heteroatoms. The van der Waals surface area contributed by atoms with Crippen molar-refractivity contribution in [1.82, 2.24) is 4.98 Å². The fraction of sp³-hybridized carbons (Fsp3) is 0. The summed E-state index contributed by atoms with van der Waals surface area (Å²) in [5.74, 6) is 0.706. The van der Waals surface area contributed by atoms with Gasteiger partial charge in [0.2, 0.25) is 10.0 Å². The molecule has 0 atom stereocenters. The van der Waals surface area contributed by atoms with Crippen LogP contribution in [0.5, 0.6) is 11.5 Å². The van der Waals surface area contributed by atoms with Crippen LogP contribution in [0.15, 0.2) is 64.3 Å². The van der Waals surface area contributed by atoms with Crippen molar-refractivity contribution in [2.75, 3.05) is 0 Å². The molecule has 0 fully saturated rings. The lowest BCUT2D eigenvalue weighted by Gasteiger charge is -2.13. The van der Waals surface area contributed by atoms with Gasteiger partial charge in [0.05, 0.1) is 11.2 Å². The quantitative estimate of drug-likeness (QED) is 0.795. The molecule has 0 saturated heterocycles. The Labute approximate surface area is 132 Å². The van der Waals surface area contributed by atoms with Crippen molar-refractivity contribution in [3.8, 4) is 22.8 Å². The van der Waals surface area contributed by atoms with Gasteiger partial charge in [-0.25, -0.2) is 18.5 Å². The van der Waals surface area contributed by atoms with E-state index in [2.05, 4.69) is 4.98 Å². The van der Waals surface area contributed by atoms with Crippen LogP contribution in [0.25, 0.3) is 11.3 Å². The number of sulfonamides is 1. The standard InChI is InChI=1S/C15H12N2O3S2/c16-22(18,19)14-8-4-7-12(13-9-21-10-17-13)15(14)20-11-5-2-1-3-6-11/h1-10H,(H2,16,18,19). The zero-order valence-electron chi connectivity index (χ0n) is 11.3. The topological polar surface area (TPSA) is 82.3 Å². The first-order valence-corrected chi connectivity index (χ1v) is 8.82. The Morgan fingerprint density at radius 2 is 1.82 bits per heavy atom. The molecule has 0 aliphatic heterocycles. The summed E-state index contributed by atoms with van der Waals surface area (Å²) >= 11 is 1.42. The van der Waals surface area contributed by atoms with Gasteiger partial charge in [-0.1, -0.05) is 24.3 Å². The van der Waals surface area contributed by atoms with Crippen LogP contribution in [-0.4, -0.2) is 13.4 Å². The number of hydrogen-bond acceptors (Lipinski definition) is 5. The monoisotopic (exact) mass is 332 g/mol. The van der Waals surface area contributed by atoms with Crippen LogP contribution in [0.3, 0.4) is 0 Å². The summed E-state index contributed by atoms with van der Waals surface area (Å²) in [5.41, 5.74) is 2.89. The molecule has 0 unspecified atom stereocenters. The summed E-state index contributed by atoms with van der Waals surface area (Å²) in [5, 5.41) is 7.13. The molecule has 0 spiro atoms. The van der Waals surface area contributed by atoms with Crippen molar-refractivity contribution in [2.24, 2.45) is 5.14 Å².